The van der Waals surface area contributed by atoms with Crippen LogP contribution in [-0.4, -0.2) is 12.5 Å². The topological polar surface area (TPSA) is 55.1 Å². The number of hydrogen-bond donors (Lipinski definition) is 2. The lowest BCUT2D eigenvalue weighted by Gasteiger charge is -2.21. The number of carbonyl (C=O) groups is 1. The molecule has 108 valence electrons. The summed E-state index contributed by atoms with van der Waals surface area (Å²) in [6, 6.07) is 19.7. The van der Waals surface area contributed by atoms with Gasteiger partial charge in [-0.05, 0) is 24.0 Å². The lowest BCUT2D eigenvalue weighted by molar-refractivity contribution is -0.120. The van der Waals surface area contributed by atoms with E-state index in [9.17, 15) is 4.79 Å². The third-order valence-corrected chi connectivity index (χ3v) is 4.30. The second kappa shape index (κ2) is 5.70. The molecule has 0 unspecified atom stereocenters. The van der Waals surface area contributed by atoms with Crippen LogP contribution in [0.15, 0.2) is 60.7 Å². The molecular formula is C18H20N2O. The Balaban J connectivity index is 1.72. The molecule has 3 N–H and O–H groups in total. The molecule has 0 heterocycles. The predicted octanol–water partition coefficient (Wildman–Crippen LogP) is 2.53. The molecule has 3 heteroatoms. The molecule has 0 saturated heterocycles. The summed E-state index contributed by atoms with van der Waals surface area (Å²) < 4.78 is 0. The Hall–Kier alpha value is -2.13. The zero-order chi connectivity index (χ0) is 14.7. The maximum atomic E-state index is 11.7. The number of nitrogens with one attached hydrogen (secondary N) is 1. The van der Waals surface area contributed by atoms with Gasteiger partial charge in [0.1, 0.15) is 6.04 Å². The van der Waals surface area contributed by atoms with Crippen LogP contribution in [0, 0.1) is 0 Å². The molecule has 1 aliphatic carbocycles. The van der Waals surface area contributed by atoms with Gasteiger partial charge in [-0.2, -0.15) is 0 Å². The van der Waals surface area contributed by atoms with Crippen LogP contribution in [0.5, 0.6) is 0 Å². The van der Waals surface area contributed by atoms with Crippen LogP contribution in [-0.2, 0) is 10.2 Å². The van der Waals surface area contributed by atoms with E-state index in [0.717, 1.165) is 24.9 Å². The fourth-order valence-electron chi connectivity index (χ4n) is 2.84. The minimum atomic E-state index is -0.424. The Kier molecular flexibility index (Phi) is 3.76. The lowest BCUT2D eigenvalue weighted by atomic mass is 9.95. The zero-order valence-corrected chi connectivity index (χ0v) is 12.0. The lowest BCUT2D eigenvalue weighted by Crippen LogP contribution is -2.38. The van der Waals surface area contributed by atoms with E-state index in [1.807, 2.05) is 36.4 Å². The number of nitrogens with two attached hydrogens (primary N) is 1. The fraction of sp³-hybridized carbons (Fsp3) is 0.278. The van der Waals surface area contributed by atoms with Gasteiger partial charge in [-0.3, -0.25) is 4.79 Å². The highest BCUT2D eigenvalue weighted by molar-refractivity contribution is 5.81. The molecule has 0 aliphatic heterocycles. The van der Waals surface area contributed by atoms with Crippen molar-refractivity contribution < 1.29 is 4.79 Å². The van der Waals surface area contributed by atoms with Crippen molar-refractivity contribution in [3.63, 3.8) is 0 Å². The van der Waals surface area contributed by atoms with Gasteiger partial charge in [0.15, 0.2) is 0 Å². The number of benzene rings is 2. The Bertz CT molecular complexity index is 606. The van der Waals surface area contributed by atoms with Gasteiger partial charge in [0.05, 0.1) is 0 Å². The maximum absolute atomic E-state index is 11.7. The number of rotatable bonds is 6. The van der Waals surface area contributed by atoms with Gasteiger partial charge in [0, 0.05) is 12.0 Å². The molecule has 0 aromatic heterocycles. The number of amides is 1. The van der Waals surface area contributed by atoms with Gasteiger partial charge in [0.25, 0.3) is 0 Å². The van der Waals surface area contributed by atoms with E-state index in [4.69, 9.17) is 5.73 Å². The molecule has 0 spiro atoms. The molecule has 3 rings (SSSR count). The van der Waals surface area contributed by atoms with Crippen molar-refractivity contribution in [1.29, 1.82) is 0 Å². The molecule has 2 aromatic carbocycles. The van der Waals surface area contributed by atoms with Crippen molar-refractivity contribution >= 4 is 5.91 Å². The number of carbonyl (C=O) groups excluding carboxylic acids is 1. The first-order valence-electron chi connectivity index (χ1n) is 7.34. The van der Waals surface area contributed by atoms with Gasteiger partial charge >= 0.3 is 0 Å². The molecule has 3 nitrogen and oxygen atoms in total. The van der Waals surface area contributed by atoms with Crippen LogP contribution in [0.3, 0.4) is 0 Å². The average Bonchev–Trinajstić information content (AvgIpc) is 3.30. The Morgan fingerprint density at radius 2 is 1.62 bits per heavy atom. The predicted molar refractivity (Wildman–Crippen MR) is 83.7 cm³/mol. The second-order valence-electron chi connectivity index (χ2n) is 5.77. The maximum Gasteiger partial charge on any atom is 0.239 e. The minimum Gasteiger partial charge on any atom is -0.368 e. The summed E-state index contributed by atoms with van der Waals surface area (Å²) in [5.41, 5.74) is 7.99. The SMILES string of the molecule is NC(=O)[C@H](NCC1(c2ccccc2)CC1)c1ccccc1. The Morgan fingerprint density at radius 3 is 2.14 bits per heavy atom. The highest BCUT2D eigenvalue weighted by Gasteiger charge is 2.44. The molecule has 1 aliphatic rings. The van der Waals surface area contributed by atoms with Gasteiger partial charge in [-0.1, -0.05) is 60.7 Å². The van der Waals surface area contributed by atoms with E-state index < -0.39 is 6.04 Å². The first-order valence-corrected chi connectivity index (χ1v) is 7.34. The van der Waals surface area contributed by atoms with Crippen molar-refractivity contribution in [2.45, 2.75) is 24.3 Å². The van der Waals surface area contributed by atoms with Crippen LogP contribution >= 0.6 is 0 Å². The molecule has 1 atom stereocenters. The van der Waals surface area contributed by atoms with Gasteiger partial charge in [0.2, 0.25) is 5.91 Å². The van der Waals surface area contributed by atoms with Crippen molar-refractivity contribution in [2.75, 3.05) is 6.54 Å². The van der Waals surface area contributed by atoms with E-state index >= 15 is 0 Å². The van der Waals surface area contributed by atoms with Crippen molar-refractivity contribution in [3.05, 3.63) is 71.8 Å². The summed E-state index contributed by atoms with van der Waals surface area (Å²) in [7, 11) is 0. The Morgan fingerprint density at radius 1 is 1.05 bits per heavy atom. The van der Waals surface area contributed by atoms with Crippen LogP contribution < -0.4 is 11.1 Å². The normalized spacial score (nSPS) is 17.1. The Labute approximate surface area is 125 Å². The minimum absolute atomic E-state index is 0.170. The summed E-state index contributed by atoms with van der Waals surface area (Å²) in [5, 5.41) is 3.36. The monoisotopic (exact) mass is 280 g/mol. The first kappa shape index (κ1) is 13.8. The largest absolute Gasteiger partial charge is 0.368 e. The molecule has 0 bridgehead atoms. The van der Waals surface area contributed by atoms with Crippen molar-refractivity contribution in [1.82, 2.24) is 5.32 Å². The average molecular weight is 280 g/mol. The highest BCUT2D eigenvalue weighted by atomic mass is 16.1. The second-order valence-corrected chi connectivity index (χ2v) is 5.77. The summed E-state index contributed by atoms with van der Waals surface area (Å²) in [4.78, 5) is 11.7. The van der Waals surface area contributed by atoms with Crippen molar-refractivity contribution in [2.24, 2.45) is 5.73 Å². The zero-order valence-electron chi connectivity index (χ0n) is 12.0. The first-order chi connectivity index (χ1) is 10.2. The quantitative estimate of drug-likeness (QED) is 0.854. The molecule has 1 fully saturated rings. The third kappa shape index (κ3) is 2.98. The van der Waals surface area contributed by atoms with Crippen molar-refractivity contribution in [3.8, 4) is 0 Å². The summed E-state index contributed by atoms with van der Waals surface area (Å²) >= 11 is 0. The molecule has 1 saturated carbocycles. The fourth-order valence-corrected chi connectivity index (χ4v) is 2.84. The molecule has 1 amide bonds. The van der Waals surface area contributed by atoms with Gasteiger partial charge in [-0.15, -0.1) is 0 Å². The van der Waals surface area contributed by atoms with E-state index in [1.165, 1.54) is 5.56 Å². The molecule has 0 radical (unpaired) electrons. The van der Waals surface area contributed by atoms with E-state index in [0.29, 0.717) is 0 Å². The standard InChI is InChI=1S/C18H20N2O/c19-17(21)16(14-7-3-1-4-8-14)20-13-18(11-12-18)15-9-5-2-6-10-15/h1-10,16,20H,11-13H2,(H2,19,21)/t16-/m1/s1. The van der Waals surface area contributed by atoms with E-state index in [-0.39, 0.29) is 11.3 Å². The smallest absolute Gasteiger partial charge is 0.239 e. The molecular weight excluding hydrogens is 260 g/mol. The third-order valence-electron chi connectivity index (χ3n) is 4.30. The van der Waals surface area contributed by atoms with Crippen LogP contribution in [0.25, 0.3) is 0 Å². The highest BCUT2D eigenvalue weighted by Crippen LogP contribution is 2.47. The number of primary amides is 1. The summed E-state index contributed by atoms with van der Waals surface area (Å²) in [6.45, 7) is 0.777. The molecule has 2 aromatic rings. The van der Waals surface area contributed by atoms with E-state index in [2.05, 4.69) is 29.6 Å². The number of hydrogen-bond acceptors (Lipinski definition) is 2. The van der Waals surface area contributed by atoms with Gasteiger partial charge < -0.3 is 11.1 Å². The molecule has 21 heavy (non-hydrogen) atoms. The van der Waals surface area contributed by atoms with Crippen LogP contribution in [0.2, 0.25) is 0 Å². The van der Waals surface area contributed by atoms with Crippen LogP contribution in [0.4, 0.5) is 0 Å². The summed E-state index contributed by atoms with van der Waals surface area (Å²) in [5.74, 6) is -0.329. The van der Waals surface area contributed by atoms with Crippen LogP contribution in [0.1, 0.15) is 30.0 Å². The van der Waals surface area contributed by atoms with E-state index in [1.54, 1.807) is 0 Å². The van der Waals surface area contributed by atoms with Gasteiger partial charge in [-0.25, -0.2) is 0 Å². The summed E-state index contributed by atoms with van der Waals surface area (Å²) in [6.07, 6.45) is 2.31.